The van der Waals surface area contributed by atoms with Gasteiger partial charge in [-0.15, -0.1) is 0 Å². The van der Waals surface area contributed by atoms with E-state index in [2.05, 4.69) is 10.1 Å². The summed E-state index contributed by atoms with van der Waals surface area (Å²) in [5.74, 6) is 0.320. The van der Waals surface area contributed by atoms with Crippen molar-refractivity contribution in [1.29, 1.82) is 0 Å². The Morgan fingerprint density at radius 1 is 1.09 bits per heavy atom. The molecule has 3 aromatic rings. The fourth-order valence-electron chi connectivity index (χ4n) is 1.92. The maximum absolute atomic E-state index is 11.9. The van der Waals surface area contributed by atoms with E-state index >= 15 is 0 Å². The van der Waals surface area contributed by atoms with E-state index in [9.17, 15) is 4.79 Å². The van der Waals surface area contributed by atoms with Crippen molar-refractivity contribution < 1.29 is 14.1 Å². The quantitative estimate of drug-likeness (QED) is 0.690. The number of rotatable bonds is 4. The van der Waals surface area contributed by atoms with E-state index < -0.39 is 5.97 Å². The first-order valence-electron chi connectivity index (χ1n) is 6.84. The second-order valence-electron chi connectivity index (χ2n) is 4.82. The van der Waals surface area contributed by atoms with Gasteiger partial charge in [-0.25, -0.2) is 4.79 Å². The van der Waals surface area contributed by atoms with Crippen molar-refractivity contribution in [3.8, 4) is 11.4 Å². The summed E-state index contributed by atoms with van der Waals surface area (Å²) in [5.41, 5.74) is 2.43. The highest BCUT2D eigenvalue weighted by molar-refractivity contribution is 5.89. The summed E-state index contributed by atoms with van der Waals surface area (Å²) in [6, 6.07) is 16.6. The molecule has 0 radical (unpaired) electrons. The van der Waals surface area contributed by atoms with Crippen molar-refractivity contribution in [3.05, 3.63) is 71.6 Å². The number of carbonyl (C=O) groups is 1. The maximum atomic E-state index is 11.9. The molecule has 2 aromatic carbocycles. The van der Waals surface area contributed by atoms with E-state index in [1.54, 1.807) is 12.1 Å². The standard InChI is InChI=1S/C17H14N2O3/c1-12-7-9-14(10-8-12)17(20)21-11-15-18-16(19-22-15)13-5-3-2-4-6-13/h2-10H,11H2,1H3. The van der Waals surface area contributed by atoms with Crippen LogP contribution in [0, 0.1) is 6.92 Å². The Hall–Kier alpha value is -2.95. The number of aryl methyl sites for hydroxylation is 1. The molecule has 0 saturated carbocycles. The lowest BCUT2D eigenvalue weighted by Crippen LogP contribution is -2.05. The number of carbonyl (C=O) groups excluding carboxylic acids is 1. The van der Waals surface area contributed by atoms with Crippen LogP contribution in [0.25, 0.3) is 11.4 Å². The van der Waals surface area contributed by atoms with E-state index in [1.165, 1.54) is 0 Å². The molecule has 0 aliphatic carbocycles. The lowest BCUT2D eigenvalue weighted by molar-refractivity contribution is 0.0430. The molecule has 5 nitrogen and oxygen atoms in total. The van der Waals surface area contributed by atoms with Crippen LogP contribution in [0.15, 0.2) is 59.1 Å². The van der Waals surface area contributed by atoms with Crippen LogP contribution in [0.5, 0.6) is 0 Å². The first kappa shape index (κ1) is 14.0. The van der Waals surface area contributed by atoms with Crippen LogP contribution in [0.4, 0.5) is 0 Å². The smallest absolute Gasteiger partial charge is 0.338 e. The molecule has 5 heteroatoms. The van der Waals surface area contributed by atoms with Crippen LogP contribution in [-0.4, -0.2) is 16.1 Å². The molecule has 1 heterocycles. The lowest BCUT2D eigenvalue weighted by atomic mass is 10.1. The molecule has 0 unspecified atom stereocenters. The zero-order valence-electron chi connectivity index (χ0n) is 12.0. The Bertz CT molecular complexity index is 764. The summed E-state index contributed by atoms with van der Waals surface area (Å²) in [6.07, 6.45) is 0. The Balaban J connectivity index is 1.64. The minimum Gasteiger partial charge on any atom is -0.452 e. The second-order valence-corrected chi connectivity index (χ2v) is 4.82. The van der Waals surface area contributed by atoms with Crippen molar-refractivity contribution in [2.75, 3.05) is 0 Å². The summed E-state index contributed by atoms with van der Waals surface area (Å²) >= 11 is 0. The highest BCUT2D eigenvalue weighted by Gasteiger charge is 2.12. The van der Waals surface area contributed by atoms with E-state index in [4.69, 9.17) is 9.26 Å². The number of aromatic nitrogens is 2. The monoisotopic (exact) mass is 294 g/mol. The third-order valence-corrected chi connectivity index (χ3v) is 3.11. The first-order chi connectivity index (χ1) is 10.7. The normalized spacial score (nSPS) is 10.4. The molecule has 0 fully saturated rings. The first-order valence-corrected chi connectivity index (χ1v) is 6.84. The number of benzene rings is 2. The molecule has 0 spiro atoms. The van der Waals surface area contributed by atoms with Crippen LogP contribution < -0.4 is 0 Å². The van der Waals surface area contributed by atoms with Gasteiger partial charge in [-0.3, -0.25) is 0 Å². The van der Waals surface area contributed by atoms with Gasteiger partial charge in [-0.1, -0.05) is 53.2 Å². The van der Waals surface area contributed by atoms with Gasteiger partial charge in [0.1, 0.15) is 0 Å². The summed E-state index contributed by atoms with van der Waals surface area (Å²) in [6.45, 7) is 1.91. The predicted octanol–water partition coefficient (Wildman–Crippen LogP) is 3.40. The van der Waals surface area contributed by atoms with Crippen molar-refractivity contribution in [2.45, 2.75) is 13.5 Å². The van der Waals surface area contributed by atoms with Crippen LogP contribution in [0.1, 0.15) is 21.8 Å². The van der Waals surface area contributed by atoms with Crippen molar-refractivity contribution in [1.82, 2.24) is 10.1 Å². The van der Waals surface area contributed by atoms with Crippen molar-refractivity contribution in [3.63, 3.8) is 0 Å². The van der Waals surface area contributed by atoms with Gasteiger partial charge in [0.05, 0.1) is 5.56 Å². The molecule has 0 aliphatic rings. The fraction of sp³-hybridized carbons (Fsp3) is 0.118. The molecular formula is C17H14N2O3. The zero-order chi connectivity index (χ0) is 15.4. The number of ether oxygens (including phenoxy) is 1. The van der Waals surface area contributed by atoms with Gasteiger partial charge in [-0.2, -0.15) is 4.98 Å². The van der Waals surface area contributed by atoms with Gasteiger partial charge in [-0.05, 0) is 19.1 Å². The molecular weight excluding hydrogens is 280 g/mol. The maximum Gasteiger partial charge on any atom is 0.338 e. The van der Waals surface area contributed by atoms with E-state index in [0.717, 1.165) is 11.1 Å². The average molecular weight is 294 g/mol. The molecule has 0 amide bonds. The Labute approximate surface area is 127 Å². The van der Waals surface area contributed by atoms with Crippen LogP contribution in [0.2, 0.25) is 0 Å². The fourth-order valence-corrected chi connectivity index (χ4v) is 1.92. The SMILES string of the molecule is Cc1ccc(C(=O)OCc2nc(-c3ccccc3)no2)cc1. The average Bonchev–Trinajstić information content (AvgIpc) is 3.03. The minimum absolute atomic E-state index is 0.0491. The summed E-state index contributed by atoms with van der Waals surface area (Å²) in [5, 5.41) is 3.87. The van der Waals surface area contributed by atoms with Crippen LogP contribution in [0.3, 0.4) is 0 Å². The summed E-state index contributed by atoms with van der Waals surface area (Å²) in [7, 11) is 0. The summed E-state index contributed by atoms with van der Waals surface area (Å²) < 4.78 is 10.3. The highest BCUT2D eigenvalue weighted by Crippen LogP contribution is 2.15. The largest absolute Gasteiger partial charge is 0.452 e. The third-order valence-electron chi connectivity index (χ3n) is 3.11. The number of esters is 1. The molecule has 3 rings (SSSR count). The Morgan fingerprint density at radius 3 is 2.55 bits per heavy atom. The molecule has 0 N–H and O–H groups in total. The van der Waals surface area contributed by atoms with Gasteiger partial charge < -0.3 is 9.26 Å². The van der Waals surface area contributed by atoms with Gasteiger partial charge in [0.15, 0.2) is 6.61 Å². The van der Waals surface area contributed by atoms with Crippen LogP contribution >= 0.6 is 0 Å². The second kappa shape index (κ2) is 6.22. The van der Waals surface area contributed by atoms with Gasteiger partial charge in [0, 0.05) is 5.56 Å². The molecule has 0 aliphatic heterocycles. The zero-order valence-corrected chi connectivity index (χ0v) is 12.0. The number of hydrogen-bond acceptors (Lipinski definition) is 5. The van der Waals surface area contributed by atoms with Gasteiger partial charge in [0.25, 0.3) is 5.89 Å². The molecule has 110 valence electrons. The van der Waals surface area contributed by atoms with E-state index in [0.29, 0.717) is 11.4 Å². The molecule has 0 saturated heterocycles. The van der Waals surface area contributed by atoms with Crippen molar-refractivity contribution >= 4 is 5.97 Å². The van der Waals surface area contributed by atoms with Gasteiger partial charge >= 0.3 is 5.97 Å². The van der Waals surface area contributed by atoms with Crippen molar-refractivity contribution in [2.24, 2.45) is 0 Å². The number of nitrogens with zero attached hydrogens (tertiary/aromatic N) is 2. The minimum atomic E-state index is -0.417. The molecule has 1 aromatic heterocycles. The van der Waals surface area contributed by atoms with Crippen LogP contribution in [-0.2, 0) is 11.3 Å². The topological polar surface area (TPSA) is 65.2 Å². The molecule has 0 bridgehead atoms. The highest BCUT2D eigenvalue weighted by atomic mass is 16.6. The molecule has 22 heavy (non-hydrogen) atoms. The Kier molecular flexibility index (Phi) is 3.96. The number of hydrogen-bond donors (Lipinski definition) is 0. The summed E-state index contributed by atoms with van der Waals surface area (Å²) in [4.78, 5) is 16.1. The van der Waals surface area contributed by atoms with E-state index in [1.807, 2.05) is 49.4 Å². The third kappa shape index (κ3) is 3.20. The lowest BCUT2D eigenvalue weighted by Gasteiger charge is -2.01. The predicted molar refractivity (Wildman–Crippen MR) is 80.0 cm³/mol. The Morgan fingerprint density at radius 2 is 1.82 bits per heavy atom. The van der Waals surface area contributed by atoms with E-state index in [-0.39, 0.29) is 12.5 Å². The molecule has 0 atom stereocenters. The van der Waals surface area contributed by atoms with Gasteiger partial charge in [0.2, 0.25) is 5.82 Å².